The molecule has 18 heavy (non-hydrogen) atoms. The molecule has 0 spiro atoms. The number of nitrogens with one attached hydrogen (secondary N) is 1. The van der Waals surface area contributed by atoms with Gasteiger partial charge in [0.15, 0.2) is 0 Å². The second-order valence-electron chi connectivity index (χ2n) is 4.11. The van der Waals surface area contributed by atoms with E-state index in [-0.39, 0.29) is 12.5 Å². The molecule has 94 valence electrons. The molecule has 0 radical (unpaired) electrons. The molecule has 0 aromatic heterocycles. The van der Waals surface area contributed by atoms with Crippen molar-refractivity contribution in [3.8, 4) is 0 Å². The number of aliphatic imine (C=N–C) groups is 1. The first-order valence-corrected chi connectivity index (χ1v) is 6.11. The topological polar surface area (TPSA) is 64.9 Å². The van der Waals surface area contributed by atoms with Crippen molar-refractivity contribution in [1.82, 2.24) is 10.2 Å². The predicted octanol–water partition coefficient (Wildman–Crippen LogP) is 1.29. The van der Waals surface area contributed by atoms with Crippen molar-refractivity contribution >= 4 is 40.8 Å². The lowest BCUT2D eigenvalue weighted by molar-refractivity contribution is -0.122. The normalized spacial score (nSPS) is 21.3. The van der Waals surface area contributed by atoms with Gasteiger partial charge in [0, 0.05) is 5.56 Å². The van der Waals surface area contributed by atoms with E-state index >= 15 is 0 Å². The van der Waals surface area contributed by atoms with E-state index in [0.717, 1.165) is 5.56 Å². The monoisotopic (exact) mass is 285 g/mol. The Bertz CT molecular complexity index is 574. The van der Waals surface area contributed by atoms with Gasteiger partial charge in [-0.25, -0.2) is 4.99 Å². The number of guanidine groups is 1. The molecule has 3 rings (SSSR count). The fourth-order valence-electron chi connectivity index (χ4n) is 2.14. The molecule has 1 amide bonds. The average Bonchev–Trinajstić information content (AvgIpc) is 2.66. The van der Waals surface area contributed by atoms with Crippen LogP contribution in [0.15, 0.2) is 17.1 Å². The Labute approximate surface area is 113 Å². The van der Waals surface area contributed by atoms with Crippen LogP contribution in [0, 0.1) is 0 Å². The van der Waals surface area contributed by atoms with Gasteiger partial charge >= 0.3 is 0 Å². The quantitative estimate of drug-likeness (QED) is 0.817. The Morgan fingerprint density at radius 3 is 3.00 bits per heavy atom. The van der Waals surface area contributed by atoms with Crippen molar-refractivity contribution in [2.45, 2.75) is 12.6 Å². The van der Waals surface area contributed by atoms with Gasteiger partial charge in [0.1, 0.15) is 6.04 Å². The summed E-state index contributed by atoms with van der Waals surface area (Å²) >= 11 is 12.1. The summed E-state index contributed by atoms with van der Waals surface area (Å²) in [7, 11) is 0. The molecule has 1 aromatic rings. The maximum absolute atomic E-state index is 11.6. The molecule has 2 aliphatic rings. The fourth-order valence-corrected chi connectivity index (χ4v) is 2.53. The third kappa shape index (κ3) is 1.59. The van der Waals surface area contributed by atoms with Gasteiger partial charge in [-0.3, -0.25) is 10.1 Å². The van der Waals surface area contributed by atoms with E-state index in [2.05, 4.69) is 10.3 Å². The van der Waals surface area contributed by atoms with Gasteiger partial charge in [-0.15, -0.1) is 0 Å². The summed E-state index contributed by atoms with van der Waals surface area (Å²) in [5.41, 5.74) is 1.46. The van der Waals surface area contributed by atoms with Crippen LogP contribution >= 0.6 is 23.2 Å². The Hall–Kier alpha value is -1.30. The zero-order valence-corrected chi connectivity index (χ0v) is 10.7. The van der Waals surface area contributed by atoms with E-state index in [0.29, 0.717) is 28.2 Å². The molecule has 0 saturated carbocycles. The van der Waals surface area contributed by atoms with Crippen LogP contribution in [0.1, 0.15) is 5.56 Å². The van der Waals surface area contributed by atoms with Crippen LogP contribution in [0.4, 0.5) is 5.69 Å². The van der Waals surface area contributed by atoms with Gasteiger partial charge in [-0.05, 0) is 12.1 Å². The Morgan fingerprint density at radius 1 is 1.50 bits per heavy atom. The first kappa shape index (κ1) is 11.8. The van der Waals surface area contributed by atoms with Crippen molar-refractivity contribution in [1.29, 1.82) is 0 Å². The number of aliphatic hydroxyl groups excluding tert-OH is 1. The second kappa shape index (κ2) is 4.12. The van der Waals surface area contributed by atoms with Crippen molar-refractivity contribution in [3.63, 3.8) is 0 Å². The van der Waals surface area contributed by atoms with Crippen LogP contribution in [0.5, 0.6) is 0 Å². The van der Waals surface area contributed by atoms with Gasteiger partial charge in [-0.2, -0.15) is 0 Å². The number of halogens is 2. The molecule has 1 atom stereocenters. The number of rotatable bonds is 1. The number of fused-ring (bicyclic) bond motifs is 2. The molecule has 0 aliphatic carbocycles. The summed E-state index contributed by atoms with van der Waals surface area (Å²) in [5, 5.41) is 12.8. The maximum atomic E-state index is 11.6. The van der Waals surface area contributed by atoms with Crippen LogP contribution in [0.2, 0.25) is 10.0 Å². The molecule has 0 unspecified atom stereocenters. The van der Waals surface area contributed by atoms with Crippen LogP contribution < -0.4 is 5.32 Å². The second-order valence-corrected chi connectivity index (χ2v) is 4.90. The van der Waals surface area contributed by atoms with E-state index in [9.17, 15) is 9.90 Å². The predicted molar refractivity (Wildman–Crippen MR) is 68.1 cm³/mol. The van der Waals surface area contributed by atoms with Crippen molar-refractivity contribution in [3.05, 3.63) is 27.7 Å². The molecule has 5 nitrogen and oxygen atoms in total. The highest BCUT2D eigenvalue weighted by Crippen LogP contribution is 2.37. The van der Waals surface area contributed by atoms with Gasteiger partial charge in [0.2, 0.25) is 5.96 Å². The molecule has 7 heteroatoms. The smallest absolute Gasteiger partial charge is 0.251 e. The van der Waals surface area contributed by atoms with E-state index < -0.39 is 6.04 Å². The summed E-state index contributed by atoms with van der Waals surface area (Å²) in [5.74, 6) is 0.191. The summed E-state index contributed by atoms with van der Waals surface area (Å²) in [6.07, 6.45) is 0. The summed E-state index contributed by atoms with van der Waals surface area (Å²) in [6, 6.07) is 2.81. The highest BCUT2D eigenvalue weighted by molar-refractivity contribution is 6.42. The number of aliphatic hydroxyl groups is 1. The number of hydrogen-bond acceptors (Lipinski definition) is 4. The lowest BCUT2D eigenvalue weighted by atomic mass is 10.1. The maximum Gasteiger partial charge on any atom is 0.251 e. The Balaban J connectivity index is 2.08. The number of carbonyl (C=O) groups is 1. The SMILES string of the molecule is O=C1NC2=Nc3ccc(Cl)c(Cl)c3CN2[C@@H]1CO. The third-order valence-corrected chi connectivity index (χ3v) is 3.93. The number of amides is 1. The molecule has 2 N–H and O–H groups in total. The summed E-state index contributed by atoms with van der Waals surface area (Å²) in [6.45, 7) is 0.135. The zero-order chi connectivity index (χ0) is 12.9. The van der Waals surface area contributed by atoms with Crippen LogP contribution in [0.3, 0.4) is 0 Å². The molecule has 1 saturated heterocycles. The lowest BCUT2D eigenvalue weighted by Crippen LogP contribution is -2.39. The van der Waals surface area contributed by atoms with Gasteiger partial charge < -0.3 is 10.0 Å². The highest BCUT2D eigenvalue weighted by Gasteiger charge is 2.39. The van der Waals surface area contributed by atoms with E-state index in [1.165, 1.54) is 0 Å². The first-order valence-electron chi connectivity index (χ1n) is 5.35. The third-order valence-electron chi connectivity index (χ3n) is 3.09. The van der Waals surface area contributed by atoms with Crippen molar-refractivity contribution in [2.24, 2.45) is 4.99 Å². The minimum Gasteiger partial charge on any atom is -0.394 e. The first-order chi connectivity index (χ1) is 8.61. The fraction of sp³-hybridized carbons (Fsp3) is 0.273. The Morgan fingerprint density at radius 2 is 2.28 bits per heavy atom. The number of nitrogens with zero attached hydrogens (tertiary/aromatic N) is 2. The number of benzene rings is 1. The van der Waals surface area contributed by atoms with Gasteiger partial charge in [-0.1, -0.05) is 23.2 Å². The largest absolute Gasteiger partial charge is 0.394 e. The van der Waals surface area contributed by atoms with Crippen LogP contribution in [0.25, 0.3) is 0 Å². The molecule has 0 bridgehead atoms. The molecular formula is C11H9Cl2N3O2. The van der Waals surface area contributed by atoms with Crippen molar-refractivity contribution < 1.29 is 9.90 Å². The standard InChI is InChI=1S/C11H9Cl2N3O2/c12-6-1-2-7-5(9(6)13)3-16-8(4-17)10(18)15-11(16)14-7/h1-2,8,17H,3-4H2,(H,14,15,18)/t8-/m1/s1. The highest BCUT2D eigenvalue weighted by atomic mass is 35.5. The minimum absolute atomic E-state index is 0.258. The average molecular weight is 286 g/mol. The number of hydrogen-bond donors (Lipinski definition) is 2. The van der Waals surface area contributed by atoms with Gasteiger partial charge in [0.25, 0.3) is 5.91 Å². The van der Waals surface area contributed by atoms with Gasteiger partial charge in [0.05, 0.1) is 28.9 Å². The minimum atomic E-state index is -0.619. The zero-order valence-electron chi connectivity index (χ0n) is 9.15. The van der Waals surface area contributed by atoms with E-state index in [1.807, 2.05) is 0 Å². The lowest BCUT2D eigenvalue weighted by Gasteiger charge is -2.27. The van der Waals surface area contributed by atoms with Crippen LogP contribution in [-0.2, 0) is 11.3 Å². The Kier molecular flexibility index (Phi) is 2.69. The molecule has 2 aliphatic heterocycles. The molecular weight excluding hydrogens is 277 g/mol. The van der Waals surface area contributed by atoms with E-state index in [1.54, 1.807) is 17.0 Å². The number of carbonyl (C=O) groups excluding carboxylic acids is 1. The molecule has 1 aromatic carbocycles. The molecule has 2 heterocycles. The van der Waals surface area contributed by atoms with Crippen molar-refractivity contribution in [2.75, 3.05) is 6.61 Å². The summed E-state index contributed by atoms with van der Waals surface area (Å²) < 4.78 is 0. The molecule has 1 fully saturated rings. The summed E-state index contributed by atoms with van der Waals surface area (Å²) in [4.78, 5) is 17.6. The van der Waals surface area contributed by atoms with Crippen LogP contribution in [-0.4, -0.2) is 34.5 Å². The van der Waals surface area contributed by atoms with E-state index in [4.69, 9.17) is 23.2 Å².